The first kappa shape index (κ1) is 11.9. The lowest BCUT2D eigenvalue weighted by Crippen LogP contribution is -2.09. The number of halogens is 3. The summed E-state index contributed by atoms with van der Waals surface area (Å²) >= 11 is 9.31. The van der Waals surface area contributed by atoms with E-state index in [-0.39, 0.29) is 6.98 Å². The zero-order valence-electron chi connectivity index (χ0n) is 3.81. The van der Waals surface area contributed by atoms with E-state index < -0.39 is 8.22 Å². The molecule has 0 amide bonds. The Morgan fingerprint density at radius 3 is 1.67 bits per heavy atom. The van der Waals surface area contributed by atoms with Crippen LogP contribution in [0, 0.1) is 0 Å². The molecule has 0 aliphatic heterocycles. The first-order valence-corrected chi connectivity index (χ1v) is 9.27. The van der Waals surface area contributed by atoms with Gasteiger partial charge in [-0.1, -0.05) is 0 Å². The molecule has 2 nitrogen and oxygen atoms in total. The Morgan fingerprint density at radius 1 is 1.33 bits per heavy atom. The number of thiol groups is 1. The van der Waals surface area contributed by atoms with Crippen LogP contribution in [0.15, 0.2) is 0 Å². The highest BCUT2D eigenvalue weighted by molar-refractivity contribution is 14.3. The Labute approximate surface area is 102 Å². The molecular formula is CH2I3O2PS2. The Bertz CT molecular complexity index is 180. The van der Waals surface area contributed by atoms with Crippen LogP contribution in [0.4, 0.5) is 0 Å². The highest BCUT2D eigenvalue weighted by Gasteiger charge is 2.33. The third-order valence-corrected chi connectivity index (χ3v) is 14.0. The third-order valence-electron chi connectivity index (χ3n) is 0.425. The van der Waals surface area contributed by atoms with Gasteiger partial charge in [0.05, 0.1) is 6.98 Å². The molecule has 0 rings (SSSR count). The van der Waals surface area contributed by atoms with E-state index >= 15 is 0 Å². The van der Waals surface area contributed by atoms with Crippen molar-refractivity contribution in [2.75, 3.05) is 0 Å². The van der Waals surface area contributed by atoms with Crippen molar-refractivity contribution in [2.45, 2.75) is -1.23 Å². The van der Waals surface area contributed by atoms with E-state index in [0.29, 0.717) is 0 Å². The van der Waals surface area contributed by atoms with Gasteiger partial charge in [0, 0.05) is 0 Å². The summed E-state index contributed by atoms with van der Waals surface area (Å²) in [6.45, 7) is -0.320. The molecule has 0 aliphatic rings. The van der Waals surface area contributed by atoms with Crippen LogP contribution in [0.5, 0.6) is 0 Å². The van der Waals surface area contributed by atoms with Crippen molar-refractivity contribution in [1.29, 1.82) is 0 Å². The highest BCUT2D eigenvalue weighted by Crippen LogP contribution is 2.49. The molecular weight excluding hydrogens is 520 g/mol. The summed E-state index contributed by atoms with van der Waals surface area (Å²) < 4.78 is 21.1. The Morgan fingerprint density at radius 2 is 1.67 bits per heavy atom. The average molecular weight is 522 g/mol. The van der Waals surface area contributed by atoms with E-state index in [1.54, 1.807) is 0 Å². The van der Waals surface area contributed by atoms with E-state index in [1.807, 2.05) is 67.8 Å². The summed E-state index contributed by atoms with van der Waals surface area (Å²) in [6, 6.07) is 0. The molecule has 0 saturated heterocycles. The van der Waals surface area contributed by atoms with Gasteiger partial charge < -0.3 is 0 Å². The summed E-state index contributed by atoms with van der Waals surface area (Å²) in [5, 5.41) is 0. The number of alkyl halides is 3. The summed E-state index contributed by atoms with van der Waals surface area (Å²) in [7, 11) is -2.98. The maximum Gasteiger partial charge on any atom is 0.227 e. The minimum Gasteiger partial charge on any atom is -0.221 e. The van der Waals surface area contributed by atoms with Crippen molar-refractivity contribution >= 4 is 96.5 Å². The molecule has 0 aromatic carbocycles. The van der Waals surface area contributed by atoms with Crippen LogP contribution in [-0.2, 0) is 9.46 Å². The van der Waals surface area contributed by atoms with Crippen LogP contribution >= 0.6 is 87.0 Å². The normalized spacial score (nSPS) is 15.1. The average Bonchev–Trinajstić information content (AvgIpc) is 1.64. The summed E-state index contributed by atoms with van der Waals surface area (Å²) in [5.41, 5.74) is 0. The second-order valence-corrected chi connectivity index (χ2v) is 19.9. The first-order valence-electron chi connectivity index (χ1n) is 1.53. The Hall–Kier alpha value is 2.92. The predicted molar refractivity (Wildman–Crippen MR) is 71.0 cm³/mol. The van der Waals surface area contributed by atoms with Crippen LogP contribution < -0.4 is 0 Å². The molecule has 0 saturated carbocycles. The third kappa shape index (κ3) is 3.90. The van der Waals surface area contributed by atoms with Crippen molar-refractivity contribution in [3.63, 3.8) is 0 Å². The van der Waals surface area contributed by atoms with Gasteiger partial charge in [0.15, 0.2) is 0 Å². The second-order valence-electron chi connectivity index (χ2n) is 1.04. The maximum absolute atomic E-state index is 10.9. The summed E-state index contributed by atoms with van der Waals surface area (Å²) in [5.74, 6) is 0. The van der Waals surface area contributed by atoms with Crippen LogP contribution in [0.3, 0.4) is 0 Å². The van der Waals surface area contributed by atoms with Gasteiger partial charge in [0.1, 0.15) is 0 Å². The molecule has 56 valence electrons. The zero-order valence-corrected chi connectivity index (χ0v) is 13.0. The number of hydrogen-bond acceptors (Lipinski definition) is 3. The Kier molecular flexibility index (Phi) is 5.62. The van der Waals surface area contributed by atoms with Crippen LogP contribution in [0.25, 0.3) is 0 Å². The van der Waals surface area contributed by atoms with E-state index in [2.05, 4.69) is 12.2 Å². The zero-order chi connectivity index (χ0) is 7.71. The highest BCUT2D eigenvalue weighted by atomic mass is 127. The van der Waals surface area contributed by atoms with Crippen LogP contribution in [0.2, 0.25) is 0 Å². The van der Waals surface area contributed by atoms with Gasteiger partial charge in [-0.15, -0.1) is 12.2 Å². The van der Waals surface area contributed by atoms with Gasteiger partial charge in [-0.2, -0.15) is 0 Å². The topological polar surface area (TPSA) is 34.1 Å². The van der Waals surface area contributed by atoms with Gasteiger partial charge in [-0.3, -0.25) is 0 Å². The van der Waals surface area contributed by atoms with Gasteiger partial charge in [0.25, 0.3) is 0 Å². The Balaban J connectivity index is 4.57. The molecule has 1 atom stereocenters. The van der Waals surface area contributed by atoms with Crippen molar-refractivity contribution in [2.24, 2.45) is 0 Å². The van der Waals surface area contributed by atoms with Gasteiger partial charge in [-0.25, -0.2) is 8.42 Å². The second kappa shape index (κ2) is 4.24. The molecule has 0 heterocycles. The summed E-state index contributed by atoms with van der Waals surface area (Å²) in [4.78, 5) is 0. The largest absolute Gasteiger partial charge is 0.227 e. The minimum atomic E-state index is -2.98. The molecule has 0 N–H and O–H groups in total. The monoisotopic (exact) mass is 522 g/mol. The predicted octanol–water partition coefficient (Wildman–Crippen LogP) is 2.76. The molecule has 1 unspecified atom stereocenters. The fourth-order valence-corrected chi connectivity index (χ4v) is 9.37. The van der Waals surface area contributed by atoms with Crippen molar-refractivity contribution in [3.05, 3.63) is 0 Å². The lowest BCUT2D eigenvalue weighted by molar-refractivity contribution is 0.614. The molecule has 0 bridgehead atoms. The fraction of sp³-hybridized carbons (Fsp3) is 1.00. The SMILES string of the molecule is O=S(=O)(PS)C(I)(I)I. The van der Waals surface area contributed by atoms with Gasteiger partial charge >= 0.3 is 0 Å². The standard InChI is InChI=1S/CH2I3O2PS2/c2-1(3,4)9(5,6)7-8/h7-8H. The van der Waals surface area contributed by atoms with Crippen molar-refractivity contribution < 1.29 is 8.42 Å². The molecule has 0 spiro atoms. The van der Waals surface area contributed by atoms with Crippen LogP contribution in [-0.4, -0.2) is 7.19 Å². The smallest absolute Gasteiger partial charge is 0.221 e. The maximum atomic E-state index is 10.9. The molecule has 0 fully saturated rings. The lowest BCUT2D eigenvalue weighted by Gasteiger charge is -2.09. The van der Waals surface area contributed by atoms with E-state index in [4.69, 9.17) is 0 Å². The lowest BCUT2D eigenvalue weighted by atomic mass is 11.9. The van der Waals surface area contributed by atoms with Crippen molar-refractivity contribution in [3.8, 4) is 0 Å². The van der Waals surface area contributed by atoms with E-state index in [0.717, 1.165) is 0 Å². The molecule has 8 heteroatoms. The van der Waals surface area contributed by atoms with E-state index in [9.17, 15) is 8.42 Å². The molecule has 9 heavy (non-hydrogen) atoms. The van der Waals surface area contributed by atoms with E-state index in [1.165, 1.54) is 0 Å². The van der Waals surface area contributed by atoms with Gasteiger partial charge in [-0.05, 0) is 67.8 Å². The van der Waals surface area contributed by atoms with Crippen molar-refractivity contribution in [1.82, 2.24) is 0 Å². The molecule has 0 aromatic heterocycles. The molecule has 0 radical (unpaired) electrons. The fourth-order valence-electron chi connectivity index (χ4n) is 0.0518. The first-order chi connectivity index (χ1) is 3.81. The number of rotatable bonds is 2. The molecule has 0 aromatic rings. The summed E-state index contributed by atoms with van der Waals surface area (Å²) in [6.07, 6.45) is 0. The molecule has 0 aliphatic carbocycles. The quantitative estimate of drug-likeness (QED) is 0.262. The van der Waals surface area contributed by atoms with Crippen LogP contribution in [0.1, 0.15) is 0 Å². The number of hydrogen-bond donors (Lipinski definition) is 1. The van der Waals surface area contributed by atoms with Gasteiger partial charge in [0.2, 0.25) is 8.22 Å². The minimum absolute atomic E-state index is 0.320.